The van der Waals surface area contributed by atoms with E-state index < -0.39 is 0 Å². The van der Waals surface area contributed by atoms with E-state index in [1.165, 1.54) is 11.3 Å². The van der Waals surface area contributed by atoms with Crippen LogP contribution in [0, 0.1) is 0 Å². The van der Waals surface area contributed by atoms with Crippen LogP contribution in [0.5, 0.6) is 0 Å². The molecule has 0 fully saturated rings. The molecule has 110 valence electrons. The van der Waals surface area contributed by atoms with Crippen molar-refractivity contribution in [1.29, 1.82) is 0 Å². The third-order valence-corrected chi connectivity index (χ3v) is 4.49. The highest BCUT2D eigenvalue weighted by Crippen LogP contribution is 2.22. The van der Waals surface area contributed by atoms with Gasteiger partial charge >= 0.3 is 0 Å². The lowest BCUT2D eigenvalue weighted by Crippen LogP contribution is -2.37. The van der Waals surface area contributed by atoms with Gasteiger partial charge in [0.1, 0.15) is 0 Å². The molecule has 0 bridgehead atoms. The first-order valence-corrected chi connectivity index (χ1v) is 8.10. The molecule has 0 aliphatic carbocycles. The van der Waals surface area contributed by atoms with E-state index in [1.807, 2.05) is 36.6 Å². The Bertz CT molecular complexity index is 628. The number of halogens is 1. The van der Waals surface area contributed by atoms with Crippen molar-refractivity contribution in [3.63, 3.8) is 0 Å². The molecule has 1 aromatic carbocycles. The molecule has 2 rings (SSSR count). The van der Waals surface area contributed by atoms with E-state index in [1.54, 1.807) is 12.1 Å². The standard InChI is InChI=1S/C15H15BrN2O2S/c1-10(11-5-2-3-6-12(11)16)18-14(19)9-17-15(20)13-7-4-8-21-13/h2-8,10H,9H2,1H3,(H,17,20)(H,18,19). The highest BCUT2D eigenvalue weighted by atomic mass is 79.9. The van der Waals surface area contributed by atoms with E-state index >= 15 is 0 Å². The summed E-state index contributed by atoms with van der Waals surface area (Å²) in [5.74, 6) is -0.447. The van der Waals surface area contributed by atoms with E-state index in [-0.39, 0.29) is 24.4 Å². The quantitative estimate of drug-likeness (QED) is 0.853. The first kappa shape index (κ1) is 15.7. The van der Waals surface area contributed by atoms with Crippen molar-refractivity contribution < 1.29 is 9.59 Å². The van der Waals surface area contributed by atoms with Gasteiger partial charge < -0.3 is 10.6 Å². The van der Waals surface area contributed by atoms with Crippen LogP contribution in [0.4, 0.5) is 0 Å². The van der Waals surface area contributed by atoms with Crippen LogP contribution in [0.15, 0.2) is 46.3 Å². The Balaban J connectivity index is 1.85. The number of hydrogen-bond donors (Lipinski definition) is 2. The van der Waals surface area contributed by atoms with Crippen molar-refractivity contribution >= 4 is 39.1 Å². The second kappa shape index (κ2) is 7.38. The normalized spacial score (nSPS) is 11.7. The largest absolute Gasteiger partial charge is 0.348 e. The van der Waals surface area contributed by atoms with E-state index in [9.17, 15) is 9.59 Å². The fraction of sp³-hybridized carbons (Fsp3) is 0.200. The maximum atomic E-state index is 11.9. The van der Waals surface area contributed by atoms with Gasteiger partial charge in [-0.15, -0.1) is 11.3 Å². The molecule has 0 aliphatic heterocycles. The zero-order valence-electron chi connectivity index (χ0n) is 11.4. The second-order valence-corrected chi connectivity index (χ2v) is 6.27. The summed E-state index contributed by atoms with van der Waals surface area (Å²) in [5, 5.41) is 7.28. The van der Waals surface area contributed by atoms with Crippen molar-refractivity contribution in [2.75, 3.05) is 6.54 Å². The summed E-state index contributed by atoms with van der Waals surface area (Å²) in [6, 6.07) is 11.1. The maximum absolute atomic E-state index is 11.9. The van der Waals surface area contributed by atoms with Gasteiger partial charge in [-0.3, -0.25) is 9.59 Å². The molecule has 2 N–H and O–H groups in total. The Hall–Kier alpha value is -1.66. The van der Waals surface area contributed by atoms with Crippen molar-refractivity contribution in [1.82, 2.24) is 10.6 Å². The fourth-order valence-corrected chi connectivity index (χ4v) is 3.12. The minimum atomic E-state index is -0.228. The SMILES string of the molecule is CC(NC(=O)CNC(=O)c1cccs1)c1ccccc1Br. The first-order valence-electron chi connectivity index (χ1n) is 6.43. The highest BCUT2D eigenvalue weighted by molar-refractivity contribution is 9.10. The molecule has 1 unspecified atom stereocenters. The van der Waals surface area contributed by atoms with Crippen LogP contribution < -0.4 is 10.6 Å². The lowest BCUT2D eigenvalue weighted by molar-refractivity contribution is -0.120. The summed E-state index contributed by atoms with van der Waals surface area (Å²) in [6.45, 7) is 1.87. The van der Waals surface area contributed by atoms with Crippen LogP contribution in [-0.2, 0) is 4.79 Å². The lowest BCUT2D eigenvalue weighted by Gasteiger charge is -2.16. The van der Waals surface area contributed by atoms with Crippen LogP contribution in [0.1, 0.15) is 28.2 Å². The Morgan fingerprint density at radius 1 is 1.24 bits per heavy atom. The summed E-state index contributed by atoms with van der Waals surface area (Å²) < 4.78 is 0.945. The summed E-state index contributed by atoms with van der Waals surface area (Å²) >= 11 is 4.80. The molecule has 0 saturated carbocycles. The van der Waals surface area contributed by atoms with Gasteiger partial charge in [-0.25, -0.2) is 0 Å². The molecular weight excluding hydrogens is 352 g/mol. The number of carbonyl (C=O) groups excluding carboxylic acids is 2. The van der Waals surface area contributed by atoms with E-state index in [2.05, 4.69) is 26.6 Å². The molecule has 1 atom stereocenters. The average molecular weight is 367 g/mol. The van der Waals surface area contributed by atoms with E-state index in [4.69, 9.17) is 0 Å². The van der Waals surface area contributed by atoms with Gasteiger partial charge in [0.25, 0.3) is 5.91 Å². The first-order chi connectivity index (χ1) is 10.1. The van der Waals surface area contributed by atoms with Crippen LogP contribution in [0.25, 0.3) is 0 Å². The molecule has 1 heterocycles. The highest BCUT2D eigenvalue weighted by Gasteiger charge is 2.13. The van der Waals surface area contributed by atoms with Crippen LogP contribution >= 0.6 is 27.3 Å². The number of carbonyl (C=O) groups is 2. The minimum Gasteiger partial charge on any atom is -0.348 e. The number of nitrogens with one attached hydrogen (secondary N) is 2. The zero-order valence-corrected chi connectivity index (χ0v) is 13.8. The molecule has 0 spiro atoms. The zero-order chi connectivity index (χ0) is 15.2. The van der Waals surface area contributed by atoms with Gasteiger partial charge in [-0.1, -0.05) is 40.2 Å². The summed E-state index contributed by atoms with van der Waals surface area (Å²) in [4.78, 5) is 24.2. The molecule has 1 aromatic heterocycles. The lowest BCUT2D eigenvalue weighted by atomic mass is 10.1. The summed E-state index contributed by atoms with van der Waals surface area (Å²) in [7, 11) is 0. The van der Waals surface area contributed by atoms with Gasteiger partial charge in [0, 0.05) is 4.47 Å². The molecular formula is C15H15BrN2O2S. The number of benzene rings is 1. The topological polar surface area (TPSA) is 58.2 Å². The molecule has 21 heavy (non-hydrogen) atoms. The molecule has 2 amide bonds. The third-order valence-electron chi connectivity index (χ3n) is 2.90. The fourth-order valence-electron chi connectivity index (χ4n) is 1.85. The van der Waals surface area contributed by atoms with Gasteiger partial charge in [-0.05, 0) is 30.0 Å². The Morgan fingerprint density at radius 2 is 2.00 bits per heavy atom. The predicted molar refractivity (Wildman–Crippen MR) is 87.4 cm³/mol. The smallest absolute Gasteiger partial charge is 0.261 e. The van der Waals surface area contributed by atoms with Gasteiger partial charge in [0.2, 0.25) is 5.91 Å². The van der Waals surface area contributed by atoms with E-state index in [0.29, 0.717) is 4.88 Å². The van der Waals surface area contributed by atoms with Crippen molar-refractivity contribution in [2.45, 2.75) is 13.0 Å². The number of hydrogen-bond acceptors (Lipinski definition) is 3. The number of rotatable bonds is 5. The van der Waals surface area contributed by atoms with Crippen molar-refractivity contribution in [3.8, 4) is 0 Å². The number of amides is 2. The van der Waals surface area contributed by atoms with Crippen LogP contribution in [0.2, 0.25) is 0 Å². The summed E-state index contributed by atoms with van der Waals surface area (Å²) in [5.41, 5.74) is 0.996. The minimum absolute atomic E-state index is 0.0362. The van der Waals surface area contributed by atoms with Crippen LogP contribution in [-0.4, -0.2) is 18.4 Å². The Kier molecular flexibility index (Phi) is 5.52. The number of thiophene rings is 1. The van der Waals surface area contributed by atoms with Gasteiger partial charge in [-0.2, -0.15) is 0 Å². The van der Waals surface area contributed by atoms with Crippen LogP contribution in [0.3, 0.4) is 0 Å². The van der Waals surface area contributed by atoms with Crippen molar-refractivity contribution in [3.05, 3.63) is 56.7 Å². The average Bonchev–Trinajstić information content (AvgIpc) is 2.99. The Morgan fingerprint density at radius 3 is 2.67 bits per heavy atom. The molecule has 4 nitrogen and oxygen atoms in total. The second-order valence-electron chi connectivity index (χ2n) is 4.47. The molecule has 0 aliphatic rings. The summed E-state index contributed by atoms with van der Waals surface area (Å²) in [6.07, 6.45) is 0. The third kappa shape index (κ3) is 4.41. The molecule has 0 saturated heterocycles. The molecule has 6 heteroatoms. The molecule has 2 aromatic rings. The Labute approximate surface area is 135 Å². The maximum Gasteiger partial charge on any atom is 0.261 e. The van der Waals surface area contributed by atoms with Crippen molar-refractivity contribution in [2.24, 2.45) is 0 Å². The van der Waals surface area contributed by atoms with Gasteiger partial charge in [0.15, 0.2) is 0 Å². The monoisotopic (exact) mass is 366 g/mol. The predicted octanol–water partition coefficient (Wildman–Crippen LogP) is 3.12. The molecule has 0 radical (unpaired) electrons. The van der Waals surface area contributed by atoms with E-state index in [0.717, 1.165) is 10.0 Å². The van der Waals surface area contributed by atoms with Gasteiger partial charge in [0.05, 0.1) is 17.5 Å².